The minimum atomic E-state index is -0.0340. The lowest BCUT2D eigenvalue weighted by Gasteiger charge is -2.37. The van der Waals surface area contributed by atoms with E-state index in [0.717, 1.165) is 57.3 Å². The monoisotopic (exact) mass is 276 g/mol. The Labute approximate surface area is 120 Å². The first-order valence-corrected chi connectivity index (χ1v) is 7.63. The maximum absolute atomic E-state index is 12.3. The van der Waals surface area contributed by atoms with Gasteiger partial charge in [-0.3, -0.25) is 4.79 Å². The molecule has 4 heteroatoms. The standard InChI is InChI=1S/C16H24N2O2/c1-16(6-8-18(2)9-7-16)11-17-15(19)14-13-5-3-4-12(13)10-20-14/h10H,3-9,11H2,1-2H3,(H,17,19). The zero-order valence-electron chi connectivity index (χ0n) is 12.5. The minimum Gasteiger partial charge on any atom is -0.459 e. The van der Waals surface area contributed by atoms with E-state index in [0.29, 0.717) is 5.76 Å². The number of hydrogen-bond donors (Lipinski definition) is 1. The van der Waals surface area contributed by atoms with E-state index in [1.807, 2.05) is 0 Å². The van der Waals surface area contributed by atoms with Gasteiger partial charge in [0.2, 0.25) is 0 Å². The summed E-state index contributed by atoms with van der Waals surface area (Å²) < 4.78 is 5.47. The predicted octanol–water partition coefficient (Wildman–Crippen LogP) is 2.23. The molecule has 2 aliphatic rings. The first-order valence-electron chi connectivity index (χ1n) is 7.63. The molecule has 0 bridgehead atoms. The van der Waals surface area contributed by atoms with Crippen molar-refractivity contribution in [1.29, 1.82) is 0 Å². The number of hydrogen-bond acceptors (Lipinski definition) is 3. The maximum atomic E-state index is 12.3. The van der Waals surface area contributed by atoms with Crippen molar-refractivity contribution in [3.05, 3.63) is 23.2 Å². The normalized spacial score (nSPS) is 21.7. The zero-order valence-corrected chi connectivity index (χ0v) is 12.5. The van der Waals surface area contributed by atoms with Gasteiger partial charge in [0.1, 0.15) is 0 Å². The molecular formula is C16H24N2O2. The fraction of sp³-hybridized carbons (Fsp3) is 0.688. The number of carbonyl (C=O) groups excluding carboxylic acids is 1. The van der Waals surface area contributed by atoms with Crippen LogP contribution < -0.4 is 5.32 Å². The minimum absolute atomic E-state index is 0.0340. The first kappa shape index (κ1) is 13.7. The molecule has 1 aromatic heterocycles. The van der Waals surface area contributed by atoms with Gasteiger partial charge in [-0.05, 0) is 63.2 Å². The third-order valence-corrected chi connectivity index (χ3v) is 4.93. The first-order chi connectivity index (χ1) is 9.57. The van der Waals surface area contributed by atoms with E-state index in [2.05, 4.69) is 24.2 Å². The number of furan rings is 1. The molecule has 110 valence electrons. The molecule has 1 aliphatic heterocycles. The van der Waals surface area contributed by atoms with E-state index in [4.69, 9.17) is 4.42 Å². The second kappa shape index (κ2) is 5.24. The molecule has 1 N–H and O–H groups in total. The van der Waals surface area contributed by atoms with Crippen LogP contribution in [0.1, 0.15) is 47.9 Å². The summed E-state index contributed by atoms with van der Waals surface area (Å²) in [5.41, 5.74) is 2.58. The zero-order chi connectivity index (χ0) is 14.2. The van der Waals surface area contributed by atoms with Gasteiger partial charge in [-0.25, -0.2) is 0 Å². The van der Waals surface area contributed by atoms with Crippen molar-refractivity contribution in [3.63, 3.8) is 0 Å². The molecule has 1 aliphatic carbocycles. The highest BCUT2D eigenvalue weighted by Gasteiger charge is 2.30. The summed E-state index contributed by atoms with van der Waals surface area (Å²) in [4.78, 5) is 14.6. The lowest BCUT2D eigenvalue weighted by atomic mass is 9.80. The quantitative estimate of drug-likeness (QED) is 0.921. The molecule has 2 heterocycles. The highest BCUT2D eigenvalue weighted by atomic mass is 16.3. The Morgan fingerprint density at radius 2 is 2.15 bits per heavy atom. The van der Waals surface area contributed by atoms with Gasteiger partial charge in [0.25, 0.3) is 5.91 Å². The number of aryl methyl sites for hydroxylation is 1. The summed E-state index contributed by atoms with van der Waals surface area (Å²) in [6.45, 7) is 5.24. The molecule has 1 aromatic rings. The molecule has 0 saturated carbocycles. The van der Waals surface area contributed by atoms with Crippen LogP contribution in [0, 0.1) is 5.41 Å². The van der Waals surface area contributed by atoms with Crippen LogP contribution in [0.3, 0.4) is 0 Å². The largest absolute Gasteiger partial charge is 0.459 e. The highest BCUT2D eigenvalue weighted by molar-refractivity contribution is 5.93. The molecule has 0 radical (unpaired) electrons. The van der Waals surface area contributed by atoms with E-state index >= 15 is 0 Å². The summed E-state index contributed by atoms with van der Waals surface area (Å²) >= 11 is 0. The molecule has 1 amide bonds. The van der Waals surface area contributed by atoms with E-state index in [1.165, 1.54) is 5.56 Å². The van der Waals surface area contributed by atoms with Gasteiger partial charge >= 0.3 is 0 Å². The second-order valence-electron chi connectivity index (χ2n) is 6.72. The summed E-state index contributed by atoms with van der Waals surface area (Å²) in [6.07, 6.45) is 7.22. The van der Waals surface area contributed by atoms with Crippen LogP contribution in [0.2, 0.25) is 0 Å². The molecule has 0 spiro atoms. The van der Waals surface area contributed by atoms with Crippen LogP contribution >= 0.6 is 0 Å². The highest BCUT2D eigenvalue weighted by Crippen LogP contribution is 2.30. The van der Waals surface area contributed by atoms with E-state index < -0.39 is 0 Å². The number of amides is 1. The van der Waals surface area contributed by atoms with Crippen LogP contribution in [0.4, 0.5) is 0 Å². The predicted molar refractivity (Wildman–Crippen MR) is 77.9 cm³/mol. The average Bonchev–Trinajstić information content (AvgIpc) is 3.02. The molecule has 0 atom stereocenters. The molecule has 3 rings (SSSR count). The van der Waals surface area contributed by atoms with Gasteiger partial charge in [0, 0.05) is 12.1 Å². The van der Waals surface area contributed by atoms with Gasteiger partial charge < -0.3 is 14.6 Å². The molecule has 0 aromatic carbocycles. The van der Waals surface area contributed by atoms with Gasteiger partial charge in [0.15, 0.2) is 5.76 Å². The lowest BCUT2D eigenvalue weighted by Crippen LogP contribution is -2.43. The Balaban J connectivity index is 1.59. The van der Waals surface area contributed by atoms with Crippen LogP contribution in [0.25, 0.3) is 0 Å². The van der Waals surface area contributed by atoms with Gasteiger partial charge in [-0.2, -0.15) is 0 Å². The van der Waals surface area contributed by atoms with Gasteiger partial charge in [-0.15, -0.1) is 0 Å². The lowest BCUT2D eigenvalue weighted by molar-refractivity contribution is 0.0864. The van der Waals surface area contributed by atoms with Crippen molar-refractivity contribution in [2.45, 2.75) is 39.0 Å². The Hall–Kier alpha value is -1.29. The summed E-state index contributed by atoms with van der Waals surface area (Å²) in [6, 6.07) is 0. The summed E-state index contributed by atoms with van der Waals surface area (Å²) in [7, 11) is 2.16. The van der Waals surface area contributed by atoms with E-state index in [9.17, 15) is 4.79 Å². The van der Waals surface area contributed by atoms with Crippen molar-refractivity contribution in [2.75, 3.05) is 26.7 Å². The number of piperidine rings is 1. The smallest absolute Gasteiger partial charge is 0.287 e. The summed E-state index contributed by atoms with van der Waals surface area (Å²) in [5, 5.41) is 3.09. The Bertz CT molecular complexity index is 499. The van der Waals surface area contributed by atoms with Gasteiger partial charge in [0.05, 0.1) is 6.26 Å². The molecule has 1 saturated heterocycles. The van der Waals surface area contributed by atoms with Crippen LogP contribution in [0.5, 0.6) is 0 Å². The van der Waals surface area contributed by atoms with Crippen LogP contribution in [0.15, 0.2) is 10.7 Å². The molecule has 1 fully saturated rings. The topological polar surface area (TPSA) is 45.5 Å². The molecule has 4 nitrogen and oxygen atoms in total. The number of nitrogens with one attached hydrogen (secondary N) is 1. The van der Waals surface area contributed by atoms with E-state index in [1.54, 1.807) is 6.26 Å². The van der Waals surface area contributed by atoms with E-state index in [-0.39, 0.29) is 11.3 Å². The fourth-order valence-corrected chi connectivity index (χ4v) is 3.26. The van der Waals surface area contributed by atoms with Crippen molar-refractivity contribution >= 4 is 5.91 Å². The van der Waals surface area contributed by atoms with Crippen molar-refractivity contribution in [2.24, 2.45) is 5.41 Å². The summed E-state index contributed by atoms with van der Waals surface area (Å²) in [5.74, 6) is 0.516. The Kier molecular flexibility index (Phi) is 3.59. The third kappa shape index (κ3) is 2.62. The third-order valence-electron chi connectivity index (χ3n) is 4.93. The number of likely N-dealkylation sites (tertiary alicyclic amines) is 1. The van der Waals surface area contributed by atoms with Crippen molar-refractivity contribution in [1.82, 2.24) is 10.2 Å². The average molecular weight is 276 g/mol. The molecule has 0 unspecified atom stereocenters. The maximum Gasteiger partial charge on any atom is 0.287 e. The molecular weight excluding hydrogens is 252 g/mol. The van der Waals surface area contributed by atoms with Crippen molar-refractivity contribution < 1.29 is 9.21 Å². The number of rotatable bonds is 3. The van der Waals surface area contributed by atoms with Crippen LogP contribution in [-0.2, 0) is 12.8 Å². The SMILES string of the molecule is CN1CCC(C)(CNC(=O)c2occ3c2CCC3)CC1. The molecule has 20 heavy (non-hydrogen) atoms. The number of nitrogens with zero attached hydrogens (tertiary/aromatic N) is 1. The van der Waals surface area contributed by atoms with Crippen molar-refractivity contribution in [3.8, 4) is 0 Å². The van der Waals surface area contributed by atoms with Crippen LogP contribution in [-0.4, -0.2) is 37.5 Å². The second-order valence-corrected chi connectivity index (χ2v) is 6.72. The fourth-order valence-electron chi connectivity index (χ4n) is 3.26. The van der Waals surface area contributed by atoms with Gasteiger partial charge in [-0.1, -0.05) is 6.92 Å². The Morgan fingerprint density at radius 3 is 2.90 bits per heavy atom. The number of carbonyl (C=O) groups is 1. The number of fused-ring (bicyclic) bond motifs is 1. The Morgan fingerprint density at radius 1 is 1.40 bits per heavy atom.